The molecule has 0 radical (unpaired) electrons. The fourth-order valence-electron chi connectivity index (χ4n) is 2.13. The Hall–Kier alpha value is -0.570. The van der Waals surface area contributed by atoms with Gasteiger partial charge in [-0.15, -0.1) is 0 Å². The summed E-state index contributed by atoms with van der Waals surface area (Å²) < 4.78 is 5.08. The number of hydrogen-bond donors (Lipinski definition) is 0. The van der Waals surface area contributed by atoms with Crippen LogP contribution in [0.5, 0.6) is 0 Å². The van der Waals surface area contributed by atoms with Crippen LogP contribution in [0.4, 0.5) is 0 Å². The Morgan fingerprint density at radius 2 is 2.07 bits per heavy atom. The molecular weight excluding hydrogens is 190 g/mol. The maximum absolute atomic E-state index is 11.6. The topological polar surface area (TPSA) is 29.5 Å². The number of hydrogen-bond acceptors (Lipinski definition) is 2. The van der Waals surface area contributed by atoms with Gasteiger partial charge in [0, 0.05) is 33.2 Å². The summed E-state index contributed by atoms with van der Waals surface area (Å²) in [5.41, 5.74) is 0. The normalized spacial score (nSPS) is 18.1. The van der Waals surface area contributed by atoms with Crippen LogP contribution in [0.25, 0.3) is 0 Å². The van der Waals surface area contributed by atoms with Gasteiger partial charge in [-0.1, -0.05) is 6.92 Å². The first kappa shape index (κ1) is 12.5. The lowest BCUT2D eigenvalue weighted by Gasteiger charge is -2.32. The highest BCUT2D eigenvalue weighted by molar-refractivity contribution is 5.76. The van der Waals surface area contributed by atoms with Crippen molar-refractivity contribution in [3.63, 3.8) is 0 Å². The summed E-state index contributed by atoms with van der Waals surface area (Å²) >= 11 is 0. The van der Waals surface area contributed by atoms with E-state index in [0.717, 1.165) is 51.3 Å². The molecule has 0 spiro atoms. The second-order valence-electron chi connectivity index (χ2n) is 4.36. The predicted octanol–water partition coefficient (Wildman–Crippen LogP) is 2.06. The van der Waals surface area contributed by atoms with E-state index >= 15 is 0 Å². The molecule has 1 saturated heterocycles. The van der Waals surface area contributed by atoms with Crippen molar-refractivity contribution in [2.45, 2.75) is 39.0 Å². The Morgan fingerprint density at radius 1 is 1.40 bits per heavy atom. The van der Waals surface area contributed by atoms with Crippen LogP contribution >= 0.6 is 0 Å². The summed E-state index contributed by atoms with van der Waals surface area (Å²) in [4.78, 5) is 13.6. The van der Waals surface area contributed by atoms with E-state index in [0.29, 0.717) is 12.3 Å². The summed E-state index contributed by atoms with van der Waals surface area (Å²) in [7, 11) is 1.75. The van der Waals surface area contributed by atoms with Gasteiger partial charge in [0.25, 0.3) is 0 Å². The zero-order valence-corrected chi connectivity index (χ0v) is 10.00. The Kier molecular flexibility index (Phi) is 5.69. The fourth-order valence-corrected chi connectivity index (χ4v) is 2.13. The quantitative estimate of drug-likeness (QED) is 0.699. The van der Waals surface area contributed by atoms with Gasteiger partial charge in [0.15, 0.2) is 0 Å². The number of amides is 1. The van der Waals surface area contributed by atoms with Crippen LogP contribution in [-0.4, -0.2) is 37.6 Å². The largest absolute Gasteiger partial charge is 0.385 e. The van der Waals surface area contributed by atoms with E-state index in [1.165, 1.54) is 0 Å². The number of carbonyl (C=O) groups is 1. The molecule has 0 aromatic rings. The lowest BCUT2D eigenvalue weighted by molar-refractivity contribution is -0.132. The van der Waals surface area contributed by atoms with E-state index in [1.54, 1.807) is 7.11 Å². The van der Waals surface area contributed by atoms with Crippen molar-refractivity contribution in [1.29, 1.82) is 0 Å². The maximum Gasteiger partial charge on any atom is 0.222 e. The summed E-state index contributed by atoms with van der Waals surface area (Å²) in [6.07, 6.45) is 5.12. The number of methoxy groups -OCH3 is 1. The number of ether oxygens (including phenoxy) is 1. The van der Waals surface area contributed by atoms with Crippen molar-refractivity contribution in [3.8, 4) is 0 Å². The van der Waals surface area contributed by atoms with E-state index in [1.807, 2.05) is 4.90 Å². The first-order valence-corrected chi connectivity index (χ1v) is 6.04. The predicted molar refractivity (Wildman–Crippen MR) is 60.7 cm³/mol. The first-order valence-electron chi connectivity index (χ1n) is 6.04. The summed E-state index contributed by atoms with van der Waals surface area (Å²) in [6.45, 7) is 4.82. The van der Waals surface area contributed by atoms with Gasteiger partial charge in [-0.05, 0) is 31.6 Å². The molecule has 1 fully saturated rings. The molecule has 0 bridgehead atoms. The summed E-state index contributed by atoms with van der Waals surface area (Å²) in [5.74, 6) is 1.10. The maximum atomic E-state index is 11.6. The summed E-state index contributed by atoms with van der Waals surface area (Å²) in [5, 5.41) is 0. The molecule has 1 rings (SSSR count). The number of carbonyl (C=O) groups excluding carboxylic acids is 1. The molecular formula is C12H23NO2. The van der Waals surface area contributed by atoms with Gasteiger partial charge in [-0.25, -0.2) is 0 Å². The molecule has 0 unspecified atom stereocenters. The zero-order chi connectivity index (χ0) is 11.1. The first-order chi connectivity index (χ1) is 7.27. The zero-order valence-electron chi connectivity index (χ0n) is 10.00. The van der Waals surface area contributed by atoms with Crippen molar-refractivity contribution < 1.29 is 9.53 Å². The third-order valence-corrected chi connectivity index (χ3v) is 3.16. The van der Waals surface area contributed by atoms with E-state index in [2.05, 4.69) is 6.92 Å². The smallest absolute Gasteiger partial charge is 0.222 e. The highest BCUT2D eigenvalue weighted by Crippen LogP contribution is 2.20. The van der Waals surface area contributed by atoms with Crippen LogP contribution in [0.2, 0.25) is 0 Å². The van der Waals surface area contributed by atoms with Crippen LogP contribution in [0.15, 0.2) is 0 Å². The van der Waals surface area contributed by atoms with Crippen molar-refractivity contribution >= 4 is 5.91 Å². The van der Waals surface area contributed by atoms with Crippen molar-refractivity contribution in [3.05, 3.63) is 0 Å². The standard InChI is InChI=1S/C12H23NO2/c1-3-4-12(14)13-8-5-11(6-9-13)7-10-15-2/h11H,3-10H2,1-2H3. The molecule has 0 saturated carbocycles. The number of piperidine rings is 1. The minimum atomic E-state index is 0.336. The lowest BCUT2D eigenvalue weighted by Crippen LogP contribution is -2.38. The monoisotopic (exact) mass is 213 g/mol. The minimum Gasteiger partial charge on any atom is -0.385 e. The number of rotatable bonds is 5. The molecule has 3 heteroatoms. The molecule has 1 aliphatic heterocycles. The van der Waals surface area contributed by atoms with Crippen molar-refractivity contribution in [2.75, 3.05) is 26.8 Å². The Morgan fingerprint density at radius 3 is 2.60 bits per heavy atom. The molecule has 3 nitrogen and oxygen atoms in total. The van der Waals surface area contributed by atoms with Gasteiger partial charge in [0.05, 0.1) is 0 Å². The Balaban J connectivity index is 2.20. The molecule has 1 aliphatic rings. The van der Waals surface area contributed by atoms with E-state index < -0.39 is 0 Å². The third-order valence-electron chi connectivity index (χ3n) is 3.16. The Bertz CT molecular complexity index is 186. The van der Waals surface area contributed by atoms with Gasteiger partial charge < -0.3 is 9.64 Å². The molecule has 0 atom stereocenters. The third kappa shape index (κ3) is 4.20. The molecule has 1 amide bonds. The van der Waals surface area contributed by atoms with Gasteiger partial charge in [-0.2, -0.15) is 0 Å². The van der Waals surface area contributed by atoms with Crippen LogP contribution < -0.4 is 0 Å². The van der Waals surface area contributed by atoms with Gasteiger partial charge >= 0.3 is 0 Å². The average Bonchev–Trinajstić information content (AvgIpc) is 2.27. The summed E-state index contributed by atoms with van der Waals surface area (Å²) in [6, 6.07) is 0. The van der Waals surface area contributed by atoms with Crippen LogP contribution in [0, 0.1) is 5.92 Å². The molecule has 0 aromatic heterocycles. The van der Waals surface area contributed by atoms with Crippen LogP contribution in [0.3, 0.4) is 0 Å². The average molecular weight is 213 g/mol. The highest BCUT2D eigenvalue weighted by atomic mass is 16.5. The van der Waals surface area contributed by atoms with Gasteiger partial charge in [0.2, 0.25) is 5.91 Å². The second-order valence-corrected chi connectivity index (χ2v) is 4.36. The molecule has 0 aromatic carbocycles. The van der Waals surface area contributed by atoms with E-state index in [-0.39, 0.29) is 0 Å². The lowest BCUT2D eigenvalue weighted by atomic mass is 9.94. The molecule has 15 heavy (non-hydrogen) atoms. The molecule has 88 valence electrons. The van der Waals surface area contributed by atoms with Crippen molar-refractivity contribution in [2.24, 2.45) is 5.92 Å². The molecule has 0 N–H and O–H groups in total. The highest BCUT2D eigenvalue weighted by Gasteiger charge is 2.21. The number of nitrogens with zero attached hydrogens (tertiary/aromatic N) is 1. The van der Waals surface area contributed by atoms with Crippen LogP contribution in [0.1, 0.15) is 39.0 Å². The second kappa shape index (κ2) is 6.83. The number of likely N-dealkylation sites (tertiary alicyclic amines) is 1. The SMILES string of the molecule is CCCC(=O)N1CCC(CCOC)CC1. The van der Waals surface area contributed by atoms with Crippen LogP contribution in [-0.2, 0) is 9.53 Å². The minimum absolute atomic E-state index is 0.336. The van der Waals surface area contributed by atoms with E-state index in [4.69, 9.17) is 4.74 Å². The molecule has 0 aliphatic carbocycles. The Labute approximate surface area is 92.8 Å². The van der Waals surface area contributed by atoms with Gasteiger partial charge in [-0.3, -0.25) is 4.79 Å². The van der Waals surface area contributed by atoms with Gasteiger partial charge in [0.1, 0.15) is 0 Å². The van der Waals surface area contributed by atoms with E-state index in [9.17, 15) is 4.79 Å². The van der Waals surface area contributed by atoms with Crippen molar-refractivity contribution in [1.82, 2.24) is 4.90 Å². The fraction of sp³-hybridized carbons (Fsp3) is 0.917. The molecule has 1 heterocycles.